The van der Waals surface area contributed by atoms with E-state index < -0.39 is 6.10 Å². The van der Waals surface area contributed by atoms with E-state index in [2.05, 4.69) is 4.90 Å². The summed E-state index contributed by atoms with van der Waals surface area (Å²) in [6, 6.07) is 7.76. The fraction of sp³-hybridized carbons (Fsp3) is 0.571. The van der Waals surface area contributed by atoms with Crippen LogP contribution < -0.4 is 4.74 Å². The van der Waals surface area contributed by atoms with E-state index in [-0.39, 0.29) is 0 Å². The largest absolute Gasteiger partial charge is 0.494 e. The highest BCUT2D eigenvalue weighted by Gasteiger charge is 2.17. The standard InChI is InChI=1S/C14H21NO2/c1-2-17-13-7-5-6-12(10-13)14(16)11-15-8-3-4-9-15/h5-7,10,14,16H,2-4,8-9,11H2,1H3. The molecule has 1 aliphatic heterocycles. The van der Waals surface area contributed by atoms with Crippen molar-refractivity contribution in [1.29, 1.82) is 0 Å². The highest BCUT2D eigenvalue weighted by atomic mass is 16.5. The first-order valence-electron chi connectivity index (χ1n) is 6.43. The first-order valence-corrected chi connectivity index (χ1v) is 6.43. The van der Waals surface area contributed by atoms with Gasteiger partial charge in [-0.3, -0.25) is 0 Å². The maximum absolute atomic E-state index is 10.2. The van der Waals surface area contributed by atoms with Gasteiger partial charge in [0, 0.05) is 6.54 Å². The van der Waals surface area contributed by atoms with E-state index in [0.29, 0.717) is 6.61 Å². The topological polar surface area (TPSA) is 32.7 Å². The normalized spacial score (nSPS) is 18.2. The highest BCUT2D eigenvalue weighted by molar-refractivity contribution is 5.30. The molecular formula is C14H21NO2. The molecular weight excluding hydrogens is 214 g/mol. The lowest BCUT2D eigenvalue weighted by Gasteiger charge is -2.19. The average Bonchev–Trinajstić information content (AvgIpc) is 2.83. The van der Waals surface area contributed by atoms with E-state index in [9.17, 15) is 5.11 Å². The van der Waals surface area contributed by atoms with Gasteiger partial charge >= 0.3 is 0 Å². The number of aliphatic hydroxyl groups is 1. The van der Waals surface area contributed by atoms with Crippen LogP contribution >= 0.6 is 0 Å². The maximum Gasteiger partial charge on any atom is 0.119 e. The second-order valence-corrected chi connectivity index (χ2v) is 4.53. The molecule has 1 fully saturated rings. The minimum atomic E-state index is -0.409. The summed E-state index contributed by atoms with van der Waals surface area (Å²) in [5.41, 5.74) is 0.947. The molecule has 0 radical (unpaired) electrons. The molecule has 3 nitrogen and oxygen atoms in total. The summed E-state index contributed by atoms with van der Waals surface area (Å²) in [6.07, 6.45) is 2.10. The Morgan fingerprint density at radius 3 is 2.82 bits per heavy atom. The Morgan fingerprint density at radius 2 is 2.12 bits per heavy atom. The molecule has 1 aromatic carbocycles. The van der Waals surface area contributed by atoms with E-state index >= 15 is 0 Å². The second-order valence-electron chi connectivity index (χ2n) is 4.53. The van der Waals surface area contributed by atoms with Crippen LogP contribution in [0.1, 0.15) is 31.4 Å². The molecule has 0 amide bonds. The predicted molar refractivity (Wildman–Crippen MR) is 68.2 cm³/mol. The molecule has 1 N–H and O–H groups in total. The lowest BCUT2D eigenvalue weighted by atomic mass is 10.1. The van der Waals surface area contributed by atoms with Gasteiger partial charge in [-0.1, -0.05) is 12.1 Å². The zero-order chi connectivity index (χ0) is 12.1. The molecule has 94 valence electrons. The van der Waals surface area contributed by atoms with Crippen LogP contribution in [0.4, 0.5) is 0 Å². The highest BCUT2D eigenvalue weighted by Crippen LogP contribution is 2.21. The van der Waals surface area contributed by atoms with Crippen LogP contribution in [-0.4, -0.2) is 36.2 Å². The molecule has 0 aliphatic carbocycles. The molecule has 1 unspecified atom stereocenters. The zero-order valence-electron chi connectivity index (χ0n) is 10.4. The molecule has 1 heterocycles. The Balaban J connectivity index is 1.97. The molecule has 2 rings (SSSR count). The van der Waals surface area contributed by atoms with Crippen molar-refractivity contribution >= 4 is 0 Å². The number of hydrogen-bond donors (Lipinski definition) is 1. The van der Waals surface area contributed by atoms with Crippen molar-refractivity contribution in [1.82, 2.24) is 4.90 Å². The van der Waals surface area contributed by atoms with Crippen LogP contribution in [0.3, 0.4) is 0 Å². The van der Waals surface area contributed by atoms with Gasteiger partial charge in [-0.2, -0.15) is 0 Å². The number of rotatable bonds is 5. The molecule has 3 heteroatoms. The van der Waals surface area contributed by atoms with Gasteiger partial charge in [0.15, 0.2) is 0 Å². The van der Waals surface area contributed by atoms with Crippen LogP contribution in [0.15, 0.2) is 24.3 Å². The molecule has 1 saturated heterocycles. The monoisotopic (exact) mass is 235 g/mol. The van der Waals surface area contributed by atoms with E-state index in [0.717, 1.165) is 30.9 Å². The SMILES string of the molecule is CCOc1cccc(C(O)CN2CCCC2)c1. The Bertz CT molecular complexity index is 348. The first-order chi connectivity index (χ1) is 8.29. The van der Waals surface area contributed by atoms with Crippen molar-refractivity contribution in [2.24, 2.45) is 0 Å². The molecule has 0 spiro atoms. The van der Waals surface area contributed by atoms with Gasteiger partial charge in [0.05, 0.1) is 12.7 Å². The van der Waals surface area contributed by atoms with Crippen molar-refractivity contribution in [2.75, 3.05) is 26.2 Å². The second kappa shape index (κ2) is 6.03. The molecule has 0 bridgehead atoms. The molecule has 0 saturated carbocycles. The average molecular weight is 235 g/mol. The Kier molecular flexibility index (Phi) is 4.40. The smallest absolute Gasteiger partial charge is 0.119 e. The van der Waals surface area contributed by atoms with Crippen molar-refractivity contribution in [3.8, 4) is 5.75 Å². The van der Waals surface area contributed by atoms with Gasteiger partial charge in [0.2, 0.25) is 0 Å². The van der Waals surface area contributed by atoms with Gasteiger partial charge in [-0.05, 0) is 50.6 Å². The lowest BCUT2D eigenvalue weighted by Crippen LogP contribution is -2.25. The molecule has 1 aromatic rings. The number of β-amino-alcohol motifs (C(OH)–C–C–N with tert-alkyl or cyclic N) is 1. The molecule has 0 aromatic heterocycles. The van der Waals surface area contributed by atoms with Crippen molar-refractivity contribution in [3.63, 3.8) is 0 Å². The zero-order valence-corrected chi connectivity index (χ0v) is 10.4. The third-order valence-electron chi connectivity index (χ3n) is 3.18. The fourth-order valence-electron chi connectivity index (χ4n) is 2.29. The van der Waals surface area contributed by atoms with Crippen LogP contribution in [0.5, 0.6) is 5.75 Å². The number of hydrogen-bond acceptors (Lipinski definition) is 3. The fourth-order valence-corrected chi connectivity index (χ4v) is 2.29. The van der Waals surface area contributed by atoms with Crippen LogP contribution in [0.2, 0.25) is 0 Å². The molecule has 1 aliphatic rings. The van der Waals surface area contributed by atoms with Gasteiger partial charge in [-0.15, -0.1) is 0 Å². The van der Waals surface area contributed by atoms with E-state index in [1.165, 1.54) is 12.8 Å². The number of likely N-dealkylation sites (tertiary alicyclic amines) is 1. The first kappa shape index (κ1) is 12.4. The Labute approximate surface area is 103 Å². The van der Waals surface area contributed by atoms with E-state index in [1.807, 2.05) is 31.2 Å². The van der Waals surface area contributed by atoms with Gasteiger partial charge < -0.3 is 14.7 Å². The van der Waals surface area contributed by atoms with Gasteiger partial charge in [0.25, 0.3) is 0 Å². The van der Waals surface area contributed by atoms with Gasteiger partial charge in [0.1, 0.15) is 5.75 Å². The summed E-state index contributed by atoms with van der Waals surface area (Å²) in [4.78, 5) is 2.32. The van der Waals surface area contributed by atoms with Crippen LogP contribution in [0.25, 0.3) is 0 Å². The summed E-state index contributed by atoms with van der Waals surface area (Å²) in [7, 11) is 0. The number of nitrogens with zero attached hydrogens (tertiary/aromatic N) is 1. The van der Waals surface area contributed by atoms with Crippen molar-refractivity contribution in [2.45, 2.75) is 25.9 Å². The summed E-state index contributed by atoms with van der Waals surface area (Å²) in [6.45, 7) is 5.58. The number of benzene rings is 1. The quantitative estimate of drug-likeness (QED) is 0.849. The van der Waals surface area contributed by atoms with Crippen LogP contribution in [-0.2, 0) is 0 Å². The minimum Gasteiger partial charge on any atom is -0.494 e. The summed E-state index contributed by atoms with van der Waals surface area (Å²) >= 11 is 0. The number of aliphatic hydroxyl groups excluding tert-OH is 1. The third kappa shape index (κ3) is 3.45. The van der Waals surface area contributed by atoms with Gasteiger partial charge in [-0.25, -0.2) is 0 Å². The lowest BCUT2D eigenvalue weighted by molar-refractivity contribution is 0.126. The summed E-state index contributed by atoms with van der Waals surface area (Å²) < 4.78 is 5.44. The predicted octanol–water partition coefficient (Wildman–Crippen LogP) is 2.21. The maximum atomic E-state index is 10.2. The van der Waals surface area contributed by atoms with E-state index in [1.54, 1.807) is 0 Å². The summed E-state index contributed by atoms with van der Waals surface area (Å²) in [5, 5.41) is 10.2. The van der Waals surface area contributed by atoms with Crippen LogP contribution in [0, 0.1) is 0 Å². The Hall–Kier alpha value is -1.06. The minimum absolute atomic E-state index is 0.409. The van der Waals surface area contributed by atoms with Crippen molar-refractivity contribution in [3.05, 3.63) is 29.8 Å². The molecule has 17 heavy (non-hydrogen) atoms. The van der Waals surface area contributed by atoms with Crippen molar-refractivity contribution < 1.29 is 9.84 Å². The number of ether oxygens (including phenoxy) is 1. The summed E-state index contributed by atoms with van der Waals surface area (Å²) in [5.74, 6) is 0.838. The van der Waals surface area contributed by atoms with E-state index in [4.69, 9.17) is 4.74 Å². The Morgan fingerprint density at radius 1 is 1.35 bits per heavy atom. The third-order valence-corrected chi connectivity index (χ3v) is 3.18. The molecule has 1 atom stereocenters.